The second kappa shape index (κ2) is 7.35. The molecular formula is C16H15Cl2F3N4. The Morgan fingerprint density at radius 3 is 2.64 bits per heavy atom. The summed E-state index contributed by atoms with van der Waals surface area (Å²) in [6.45, 7) is 1.99. The quantitative estimate of drug-likeness (QED) is 0.820. The molecule has 0 radical (unpaired) electrons. The fourth-order valence-electron chi connectivity index (χ4n) is 2.93. The molecule has 2 aromatic rings. The van der Waals surface area contributed by atoms with Crippen molar-refractivity contribution in [1.82, 2.24) is 15.3 Å². The number of rotatable bonds is 4. The molecule has 0 saturated carbocycles. The van der Waals surface area contributed by atoms with Gasteiger partial charge in [0.1, 0.15) is 17.8 Å². The van der Waals surface area contributed by atoms with Crippen LogP contribution in [0.5, 0.6) is 0 Å². The van der Waals surface area contributed by atoms with Crippen LogP contribution in [0, 0.1) is 5.92 Å². The molecule has 2 heterocycles. The van der Waals surface area contributed by atoms with Gasteiger partial charge in [-0.1, -0.05) is 29.3 Å². The monoisotopic (exact) mass is 390 g/mol. The highest BCUT2D eigenvalue weighted by Gasteiger charge is 2.33. The summed E-state index contributed by atoms with van der Waals surface area (Å²) in [5.41, 5.74) is 0.0837. The molecule has 1 saturated heterocycles. The van der Waals surface area contributed by atoms with Gasteiger partial charge >= 0.3 is 6.18 Å². The number of hydrogen-bond donors (Lipinski definition) is 2. The van der Waals surface area contributed by atoms with Crippen LogP contribution in [0.25, 0.3) is 0 Å². The van der Waals surface area contributed by atoms with E-state index in [1.54, 1.807) is 6.07 Å². The second-order valence-corrected chi connectivity index (χ2v) is 6.68. The third kappa shape index (κ3) is 4.34. The van der Waals surface area contributed by atoms with E-state index in [1.165, 1.54) is 0 Å². The zero-order valence-corrected chi connectivity index (χ0v) is 14.5. The van der Waals surface area contributed by atoms with Crippen LogP contribution in [-0.4, -0.2) is 29.6 Å². The number of hydrogen-bond acceptors (Lipinski definition) is 4. The van der Waals surface area contributed by atoms with E-state index in [1.807, 2.05) is 12.1 Å². The molecule has 25 heavy (non-hydrogen) atoms. The lowest BCUT2D eigenvalue weighted by Gasteiger charge is -2.20. The molecule has 1 aromatic carbocycles. The van der Waals surface area contributed by atoms with Crippen LogP contribution in [0.1, 0.15) is 17.2 Å². The largest absolute Gasteiger partial charge is 0.433 e. The highest BCUT2D eigenvalue weighted by molar-refractivity contribution is 6.42. The topological polar surface area (TPSA) is 49.8 Å². The summed E-state index contributed by atoms with van der Waals surface area (Å²) < 4.78 is 38.1. The lowest BCUT2D eigenvalue weighted by molar-refractivity contribution is -0.141. The molecule has 134 valence electrons. The Morgan fingerprint density at radius 2 is 1.92 bits per heavy atom. The molecule has 0 aliphatic carbocycles. The van der Waals surface area contributed by atoms with E-state index in [2.05, 4.69) is 20.6 Å². The fourth-order valence-corrected chi connectivity index (χ4v) is 3.23. The molecule has 2 unspecified atom stereocenters. The van der Waals surface area contributed by atoms with Gasteiger partial charge in [0.05, 0.1) is 10.0 Å². The van der Waals surface area contributed by atoms with Gasteiger partial charge in [0.25, 0.3) is 0 Å². The first-order chi connectivity index (χ1) is 11.8. The lowest BCUT2D eigenvalue weighted by atomic mass is 9.89. The van der Waals surface area contributed by atoms with Crippen LogP contribution in [0.15, 0.2) is 30.6 Å². The molecule has 1 aromatic heterocycles. The first-order valence-corrected chi connectivity index (χ1v) is 8.39. The summed E-state index contributed by atoms with van der Waals surface area (Å²) in [5.74, 6) is 0.523. The van der Waals surface area contributed by atoms with Gasteiger partial charge in [-0.05, 0) is 23.6 Å². The Labute approximate surface area is 152 Å². The minimum Gasteiger partial charge on any atom is -0.370 e. The van der Waals surface area contributed by atoms with Gasteiger partial charge < -0.3 is 10.6 Å². The van der Waals surface area contributed by atoms with Gasteiger partial charge in [-0.3, -0.25) is 0 Å². The molecule has 2 atom stereocenters. The van der Waals surface area contributed by atoms with E-state index in [9.17, 15) is 13.2 Å². The Morgan fingerprint density at radius 1 is 1.12 bits per heavy atom. The summed E-state index contributed by atoms with van der Waals surface area (Å²) in [6.07, 6.45) is -3.58. The lowest BCUT2D eigenvalue weighted by Crippen LogP contribution is -2.22. The van der Waals surface area contributed by atoms with Gasteiger partial charge in [-0.25, -0.2) is 9.97 Å². The molecule has 1 aliphatic heterocycles. The van der Waals surface area contributed by atoms with Crippen molar-refractivity contribution in [3.8, 4) is 0 Å². The van der Waals surface area contributed by atoms with Crippen LogP contribution >= 0.6 is 23.2 Å². The van der Waals surface area contributed by atoms with Gasteiger partial charge in [-0.2, -0.15) is 13.2 Å². The van der Waals surface area contributed by atoms with Crippen molar-refractivity contribution >= 4 is 29.0 Å². The minimum absolute atomic E-state index is 0.155. The van der Waals surface area contributed by atoms with E-state index in [0.29, 0.717) is 16.6 Å². The van der Waals surface area contributed by atoms with E-state index in [-0.39, 0.29) is 17.7 Å². The molecule has 2 N–H and O–H groups in total. The molecule has 0 spiro atoms. The van der Waals surface area contributed by atoms with Gasteiger partial charge in [0.15, 0.2) is 0 Å². The Bertz CT molecular complexity index is 754. The van der Waals surface area contributed by atoms with Crippen molar-refractivity contribution in [2.75, 3.05) is 25.0 Å². The summed E-state index contributed by atoms with van der Waals surface area (Å²) in [4.78, 5) is 7.11. The minimum atomic E-state index is -4.49. The zero-order valence-electron chi connectivity index (χ0n) is 12.9. The highest BCUT2D eigenvalue weighted by Crippen LogP contribution is 2.33. The number of anilines is 1. The van der Waals surface area contributed by atoms with Crippen molar-refractivity contribution in [1.29, 1.82) is 0 Å². The van der Waals surface area contributed by atoms with E-state index in [4.69, 9.17) is 23.2 Å². The van der Waals surface area contributed by atoms with Crippen molar-refractivity contribution in [3.05, 3.63) is 51.9 Å². The number of aromatic nitrogens is 2. The number of benzene rings is 1. The highest BCUT2D eigenvalue weighted by atomic mass is 35.5. The molecule has 1 aliphatic rings. The third-order valence-corrected chi connectivity index (χ3v) is 4.95. The van der Waals surface area contributed by atoms with Crippen LogP contribution in [-0.2, 0) is 6.18 Å². The maximum Gasteiger partial charge on any atom is 0.433 e. The van der Waals surface area contributed by atoms with Gasteiger partial charge in [0.2, 0.25) is 0 Å². The van der Waals surface area contributed by atoms with Crippen LogP contribution < -0.4 is 10.6 Å². The number of nitrogens with one attached hydrogen (secondary N) is 2. The van der Waals surface area contributed by atoms with Crippen molar-refractivity contribution < 1.29 is 13.2 Å². The SMILES string of the molecule is FC(F)(F)c1cc(NCC2CNCC2c2ccc(Cl)c(Cl)c2)ncn1. The summed E-state index contributed by atoms with van der Waals surface area (Å²) in [7, 11) is 0. The van der Waals surface area contributed by atoms with Gasteiger partial charge in [0, 0.05) is 31.6 Å². The predicted molar refractivity (Wildman–Crippen MR) is 91.1 cm³/mol. The standard InChI is InChI=1S/C16H15Cl2F3N4/c17-12-2-1-9(3-13(12)18)11-7-22-5-10(11)6-23-15-4-14(16(19,20)21)24-8-25-15/h1-4,8,10-11,22H,5-7H2,(H,23,24,25). The number of nitrogens with zero attached hydrogens (tertiary/aromatic N) is 2. The van der Waals surface area contributed by atoms with E-state index >= 15 is 0 Å². The molecule has 0 bridgehead atoms. The smallest absolute Gasteiger partial charge is 0.370 e. The molecule has 3 rings (SSSR count). The number of halogens is 5. The van der Waals surface area contributed by atoms with E-state index < -0.39 is 11.9 Å². The molecule has 4 nitrogen and oxygen atoms in total. The Kier molecular flexibility index (Phi) is 5.36. The molecule has 9 heteroatoms. The summed E-state index contributed by atoms with van der Waals surface area (Å²) >= 11 is 12.0. The van der Waals surface area contributed by atoms with Crippen molar-refractivity contribution in [3.63, 3.8) is 0 Å². The maximum atomic E-state index is 12.7. The predicted octanol–water partition coefficient (Wildman–Crippen LogP) is 4.22. The first-order valence-electron chi connectivity index (χ1n) is 7.63. The van der Waals surface area contributed by atoms with Crippen LogP contribution in [0.4, 0.5) is 19.0 Å². The first kappa shape index (κ1) is 18.2. The Hall–Kier alpha value is -1.57. The van der Waals surface area contributed by atoms with Crippen molar-refractivity contribution in [2.45, 2.75) is 12.1 Å². The summed E-state index contributed by atoms with van der Waals surface area (Å²) in [6, 6.07) is 6.42. The summed E-state index contributed by atoms with van der Waals surface area (Å²) in [5, 5.41) is 7.25. The molecular weight excluding hydrogens is 376 g/mol. The molecule has 0 amide bonds. The molecule has 1 fully saturated rings. The zero-order chi connectivity index (χ0) is 18.0. The average molecular weight is 391 g/mol. The maximum absolute atomic E-state index is 12.7. The second-order valence-electron chi connectivity index (χ2n) is 5.87. The van der Waals surface area contributed by atoms with Gasteiger partial charge in [-0.15, -0.1) is 0 Å². The third-order valence-electron chi connectivity index (χ3n) is 4.21. The normalized spacial score (nSPS) is 20.7. The van der Waals surface area contributed by atoms with E-state index in [0.717, 1.165) is 31.0 Å². The number of alkyl halides is 3. The van der Waals surface area contributed by atoms with Crippen LogP contribution in [0.3, 0.4) is 0 Å². The Balaban J connectivity index is 1.69. The van der Waals surface area contributed by atoms with Crippen molar-refractivity contribution in [2.24, 2.45) is 5.92 Å². The fraction of sp³-hybridized carbons (Fsp3) is 0.375. The average Bonchev–Trinajstić information content (AvgIpc) is 3.03. The van der Waals surface area contributed by atoms with Crippen LogP contribution in [0.2, 0.25) is 10.0 Å².